The van der Waals surface area contributed by atoms with Crippen LogP contribution in [0.3, 0.4) is 0 Å². The van der Waals surface area contributed by atoms with E-state index in [1.165, 1.54) is 0 Å². The molecule has 2 amide bonds. The quantitative estimate of drug-likeness (QED) is 0.582. The number of primary amides is 1. The summed E-state index contributed by atoms with van der Waals surface area (Å²) >= 11 is 0. The fraction of sp³-hybridized carbons (Fsp3) is 0.440. The number of likely N-dealkylation sites (tertiary alicyclic amines) is 1. The van der Waals surface area contributed by atoms with Gasteiger partial charge in [-0.15, -0.1) is 0 Å². The molecular weight excluding hydrogens is 406 g/mol. The van der Waals surface area contributed by atoms with Crippen LogP contribution < -0.4 is 15.2 Å². The molecule has 3 rings (SSSR count). The molecule has 7 nitrogen and oxygen atoms in total. The zero-order chi connectivity index (χ0) is 22.8. The normalized spacial score (nSPS) is 14.7. The summed E-state index contributed by atoms with van der Waals surface area (Å²) in [5.41, 5.74) is 6.35. The molecule has 1 heterocycles. The van der Waals surface area contributed by atoms with Crippen molar-refractivity contribution in [3.63, 3.8) is 0 Å². The molecule has 1 aliphatic heterocycles. The molecule has 0 aromatic heterocycles. The Bertz CT molecular complexity index is 867. The van der Waals surface area contributed by atoms with Crippen LogP contribution in [0.25, 0.3) is 0 Å². The molecule has 2 aromatic rings. The van der Waals surface area contributed by atoms with Crippen LogP contribution in [-0.4, -0.2) is 60.5 Å². The number of hydrogen-bond acceptors (Lipinski definition) is 5. The number of carbonyl (C=O) groups is 2. The van der Waals surface area contributed by atoms with Gasteiger partial charge in [0.15, 0.2) is 11.5 Å². The van der Waals surface area contributed by atoms with Gasteiger partial charge in [-0.2, -0.15) is 0 Å². The second-order valence-corrected chi connectivity index (χ2v) is 7.99. The van der Waals surface area contributed by atoms with Crippen LogP contribution in [0.4, 0.5) is 0 Å². The lowest BCUT2D eigenvalue weighted by molar-refractivity contribution is -0.134. The predicted octanol–water partition coefficient (Wildman–Crippen LogP) is 2.83. The third kappa shape index (κ3) is 7.27. The van der Waals surface area contributed by atoms with Crippen LogP contribution in [0.2, 0.25) is 0 Å². The molecule has 2 aromatic carbocycles. The van der Waals surface area contributed by atoms with E-state index in [9.17, 15) is 9.59 Å². The fourth-order valence-corrected chi connectivity index (χ4v) is 3.82. The van der Waals surface area contributed by atoms with Crippen LogP contribution in [0.1, 0.15) is 31.7 Å². The molecule has 32 heavy (non-hydrogen) atoms. The maximum absolute atomic E-state index is 13.0. The van der Waals surface area contributed by atoms with E-state index in [4.69, 9.17) is 15.2 Å². The van der Waals surface area contributed by atoms with Gasteiger partial charge in [0, 0.05) is 32.6 Å². The average molecular weight is 440 g/mol. The minimum Gasteiger partial charge on any atom is -0.490 e. The Labute approximate surface area is 190 Å². The second kappa shape index (κ2) is 12.1. The first-order valence-electron chi connectivity index (χ1n) is 11.3. The van der Waals surface area contributed by atoms with Gasteiger partial charge in [-0.05, 0) is 37.5 Å². The third-order valence-corrected chi connectivity index (χ3v) is 5.53. The van der Waals surface area contributed by atoms with E-state index in [2.05, 4.69) is 4.90 Å². The van der Waals surface area contributed by atoms with Crippen molar-refractivity contribution in [1.29, 1.82) is 0 Å². The fourth-order valence-electron chi connectivity index (χ4n) is 3.82. The summed E-state index contributed by atoms with van der Waals surface area (Å²) in [5.74, 6) is 1.14. The lowest BCUT2D eigenvalue weighted by atomic mass is 10.1. The van der Waals surface area contributed by atoms with Gasteiger partial charge in [0.1, 0.15) is 6.10 Å². The van der Waals surface area contributed by atoms with Gasteiger partial charge >= 0.3 is 0 Å². The number of carbonyl (C=O) groups excluding carboxylic acids is 2. The first kappa shape index (κ1) is 23.6. The average Bonchev–Trinajstić information content (AvgIpc) is 2.80. The highest BCUT2D eigenvalue weighted by Crippen LogP contribution is 2.29. The summed E-state index contributed by atoms with van der Waals surface area (Å²) in [4.78, 5) is 28.1. The largest absolute Gasteiger partial charge is 0.490 e. The zero-order valence-corrected chi connectivity index (χ0v) is 18.7. The van der Waals surface area contributed by atoms with Crippen molar-refractivity contribution in [1.82, 2.24) is 9.80 Å². The van der Waals surface area contributed by atoms with Gasteiger partial charge < -0.3 is 20.1 Å². The Kier molecular flexibility index (Phi) is 8.92. The molecule has 0 unspecified atom stereocenters. The number of para-hydroxylation sites is 2. The van der Waals surface area contributed by atoms with Gasteiger partial charge in [-0.1, -0.05) is 42.5 Å². The van der Waals surface area contributed by atoms with Crippen molar-refractivity contribution < 1.29 is 19.1 Å². The van der Waals surface area contributed by atoms with Crippen LogP contribution in [0, 0.1) is 0 Å². The highest BCUT2D eigenvalue weighted by Gasteiger charge is 2.25. The Morgan fingerprint density at radius 2 is 1.69 bits per heavy atom. The summed E-state index contributed by atoms with van der Waals surface area (Å²) in [6, 6.07) is 17.5. The summed E-state index contributed by atoms with van der Waals surface area (Å²) in [7, 11) is 0. The number of piperidine rings is 1. The molecule has 0 bridgehead atoms. The number of benzene rings is 2. The van der Waals surface area contributed by atoms with E-state index in [0.717, 1.165) is 43.0 Å². The molecule has 2 N–H and O–H groups in total. The smallest absolute Gasteiger partial charge is 0.237 e. The summed E-state index contributed by atoms with van der Waals surface area (Å²) in [5, 5.41) is 0. The molecule has 0 radical (unpaired) electrons. The molecule has 0 spiro atoms. The monoisotopic (exact) mass is 439 g/mol. The summed E-state index contributed by atoms with van der Waals surface area (Å²) in [6.45, 7) is 5.24. The maximum Gasteiger partial charge on any atom is 0.237 e. The van der Waals surface area contributed by atoms with Crippen molar-refractivity contribution in [2.45, 2.75) is 38.8 Å². The van der Waals surface area contributed by atoms with Crippen molar-refractivity contribution in [2.24, 2.45) is 5.73 Å². The lowest BCUT2D eigenvalue weighted by Crippen LogP contribution is -2.45. The lowest BCUT2D eigenvalue weighted by Gasteiger charge is -2.33. The van der Waals surface area contributed by atoms with Crippen LogP contribution in [0.15, 0.2) is 54.6 Å². The molecule has 1 saturated heterocycles. The molecule has 0 aliphatic carbocycles. The van der Waals surface area contributed by atoms with E-state index < -0.39 is 5.91 Å². The first-order chi connectivity index (χ1) is 15.5. The first-order valence-corrected chi connectivity index (χ1v) is 11.3. The molecule has 1 aliphatic rings. The Hall–Kier alpha value is -3.06. The summed E-state index contributed by atoms with van der Waals surface area (Å²) in [6.07, 6.45) is 1.94. The van der Waals surface area contributed by atoms with Gasteiger partial charge in [0.25, 0.3) is 0 Å². The van der Waals surface area contributed by atoms with Crippen molar-refractivity contribution in [3.05, 3.63) is 60.2 Å². The highest BCUT2D eigenvalue weighted by atomic mass is 16.5. The minimum atomic E-state index is -0.402. The minimum absolute atomic E-state index is 0.0103. The number of hydrogen-bond donors (Lipinski definition) is 1. The molecule has 7 heteroatoms. The maximum atomic E-state index is 13.0. The Morgan fingerprint density at radius 3 is 2.34 bits per heavy atom. The molecule has 172 valence electrons. The third-order valence-electron chi connectivity index (χ3n) is 5.53. The topological polar surface area (TPSA) is 85.1 Å². The highest BCUT2D eigenvalue weighted by molar-refractivity contribution is 5.79. The molecule has 1 fully saturated rings. The van der Waals surface area contributed by atoms with Crippen molar-refractivity contribution >= 4 is 11.8 Å². The number of nitrogens with zero attached hydrogens (tertiary/aromatic N) is 2. The standard InChI is InChI=1S/C25H33N3O4/c1-2-31-22-10-6-7-11-23(22)32-21-12-15-27(16-13-21)19-25(30)28(17-14-24(26)29)18-20-8-4-3-5-9-20/h3-11,21H,2,12-19H2,1H3,(H2,26,29). The molecule has 0 saturated carbocycles. The number of rotatable bonds is 11. The second-order valence-electron chi connectivity index (χ2n) is 7.99. The van der Waals surface area contributed by atoms with Gasteiger partial charge in [0.2, 0.25) is 11.8 Å². The SMILES string of the molecule is CCOc1ccccc1OC1CCN(CC(=O)N(CCC(N)=O)Cc2ccccc2)CC1. The predicted molar refractivity (Wildman–Crippen MR) is 123 cm³/mol. The van der Waals surface area contributed by atoms with E-state index in [1.807, 2.05) is 61.5 Å². The summed E-state index contributed by atoms with van der Waals surface area (Å²) < 4.78 is 11.8. The molecule has 0 atom stereocenters. The van der Waals surface area contributed by atoms with Crippen molar-refractivity contribution in [2.75, 3.05) is 32.8 Å². The van der Waals surface area contributed by atoms with Crippen LogP contribution in [-0.2, 0) is 16.1 Å². The van der Waals surface area contributed by atoms with Gasteiger partial charge in [-0.25, -0.2) is 0 Å². The zero-order valence-electron chi connectivity index (χ0n) is 18.7. The van der Waals surface area contributed by atoms with Crippen LogP contribution >= 0.6 is 0 Å². The number of ether oxygens (including phenoxy) is 2. The number of amides is 2. The van der Waals surface area contributed by atoms with Gasteiger partial charge in [-0.3, -0.25) is 14.5 Å². The van der Waals surface area contributed by atoms with Crippen molar-refractivity contribution in [3.8, 4) is 11.5 Å². The van der Waals surface area contributed by atoms with Gasteiger partial charge in [0.05, 0.1) is 13.2 Å². The van der Waals surface area contributed by atoms with E-state index in [-0.39, 0.29) is 18.4 Å². The van der Waals surface area contributed by atoms with E-state index in [1.54, 1.807) is 4.90 Å². The molecular formula is C25H33N3O4. The van der Waals surface area contributed by atoms with Crippen LogP contribution in [0.5, 0.6) is 11.5 Å². The Morgan fingerprint density at radius 1 is 1.03 bits per heavy atom. The van der Waals surface area contributed by atoms with E-state index in [0.29, 0.717) is 26.2 Å². The van der Waals surface area contributed by atoms with E-state index >= 15 is 0 Å². The number of nitrogens with two attached hydrogens (primary N) is 1. The Balaban J connectivity index is 1.52.